The summed E-state index contributed by atoms with van der Waals surface area (Å²) < 4.78 is 0. The Kier molecular flexibility index (Phi) is 7.66. The molecule has 0 heterocycles. The first-order chi connectivity index (χ1) is 6.22. The summed E-state index contributed by atoms with van der Waals surface area (Å²) in [5.41, 5.74) is 0. The minimum atomic E-state index is 0.180. The minimum absolute atomic E-state index is 0.180. The first kappa shape index (κ1) is 12.4. The van der Waals surface area contributed by atoms with E-state index in [2.05, 4.69) is 13.5 Å². The smallest absolute Gasteiger partial charge is 0.157 e. The van der Waals surface area contributed by atoms with Gasteiger partial charge in [0.2, 0.25) is 0 Å². The van der Waals surface area contributed by atoms with E-state index in [0.29, 0.717) is 0 Å². The zero-order valence-corrected chi connectivity index (χ0v) is 9.01. The third-order valence-electron chi connectivity index (χ3n) is 2.43. The number of carbonyl (C=O) groups is 1. The van der Waals surface area contributed by atoms with Crippen LogP contribution in [0.5, 0.6) is 0 Å². The van der Waals surface area contributed by atoms with Crippen molar-refractivity contribution in [2.24, 2.45) is 5.92 Å². The first-order valence-electron chi connectivity index (χ1n) is 5.38. The Balaban J connectivity index is 3.31. The van der Waals surface area contributed by atoms with Gasteiger partial charge < -0.3 is 0 Å². The van der Waals surface area contributed by atoms with Crippen molar-refractivity contribution in [3.63, 3.8) is 0 Å². The average molecular weight is 182 g/mol. The van der Waals surface area contributed by atoms with Gasteiger partial charge in [-0.3, -0.25) is 4.79 Å². The third-order valence-corrected chi connectivity index (χ3v) is 2.43. The van der Waals surface area contributed by atoms with E-state index in [1.54, 1.807) is 0 Å². The van der Waals surface area contributed by atoms with Crippen LogP contribution in [0.25, 0.3) is 0 Å². The molecule has 76 valence electrons. The van der Waals surface area contributed by atoms with E-state index in [1.807, 2.05) is 6.92 Å². The maximum absolute atomic E-state index is 11.1. The molecule has 0 aliphatic carbocycles. The Morgan fingerprint density at radius 3 is 2.46 bits per heavy atom. The van der Waals surface area contributed by atoms with Crippen LogP contribution in [-0.2, 0) is 4.79 Å². The van der Waals surface area contributed by atoms with Crippen molar-refractivity contribution in [1.29, 1.82) is 0 Å². The first-order valence-corrected chi connectivity index (χ1v) is 5.38. The number of allylic oxidation sites excluding steroid dienone is 1. The van der Waals surface area contributed by atoms with Gasteiger partial charge in [-0.25, -0.2) is 0 Å². The zero-order valence-electron chi connectivity index (χ0n) is 9.01. The molecule has 0 aromatic rings. The number of rotatable bonds is 8. The van der Waals surface area contributed by atoms with Gasteiger partial charge in [0.15, 0.2) is 5.78 Å². The molecule has 0 fully saturated rings. The summed E-state index contributed by atoms with van der Waals surface area (Å²) in [6.07, 6.45) is 8.82. The molecule has 0 bridgehead atoms. The van der Waals surface area contributed by atoms with E-state index in [1.165, 1.54) is 38.2 Å². The van der Waals surface area contributed by atoms with Gasteiger partial charge in [0.05, 0.1) is 0 Å². The van der Waals surface area contributed by atoms with E-state index in [0.717, 1.165) is 6.42 Å². The standard InChI is InChI=1S/C12H22O/c1-4-6-7-8-9-10-11(3)12(13)5-2/h5,11H,2,4,6-10H2,1,3H3. The highest BCUT2D eigenvalue weighted by Gasteiger charge is 2.07. The van der Waals surface area contributed by atoms with Crippen molar-refractivity contribution in [1.82, 2.24) is 0 Å². The molecule has 0 aromatic carbocycles. The molecule has 0 aliphatic heterocycles. The van der Waals surface area contributed by atoms with E-state index in [-0.39, 0.29) is 11.7 Å². The lowest BCUT2D eigenvalue weighted by atomic mass is 9.98. The van der Waals surface area contributed by atoms with Crippen LogP contribution in [0.4, 0.5) is 0 Å². The number of unbranched alkanes of at least 4 members (excludes halogenated alkanes) is 4. The molecule has 1 atom stereocenters. The molecule has 1 unspecified atom stereocenters. The highest BCUT2D eigenvalue weighted by atomic mass is 16.1. The summed E-state index contributed by atoms with van der Waals surface area (Å²) >= 11 is 0. The van der Waals surface area contributed by atoms with Crippen LogP contribution in [0.15, 0.2) is 12.7 Å². The highest BCUT2D eigenvalue weighted by Crippen LogP contribution is 2.12. The minimum Gasteiger partial charge on any atom is -0.295 e. The Bertz CT molecular complexity index is 149. The SMILES string of the molecule is C=CC(=O)C(C)CCCCCCC. The summed E-state index contributed by atoms with van der Waals surface area (Å²) in [7, 11) is 0. The number of hydrogen-bond donors (Lipinski definition) is 0. The molecule has 0 N–H and O–H groups in total. The molecule has 0 rings (SSSR count). The monoisotopic (exact) mass is 182 g/mol. The van der Waals surface area contributed by atoms with Gasteiger partial charge in [-0.15, -0.1) is 0 Å². The average Bonchev–Trinajstić information content (AvgIpc) is 2.16. The van der Waals surface area contributed by atoms with E-state index < -0.39 is 0 Å². The van der Waals surface area contributed by atoms with Gasteiger partial charge in [-0.2, -0.15) is 0 Å². The van der Waals surface area contributed by atoms with Gasteiger partial charge in [0.1, 0.15) is 0 Å². The predicted molar refractivity (Wildman–Crippen MR) is 57.7 cm³/mol. The molecule has 0 saturated heterocycles. The second-order valence-corrected chi connectivity index (χ2v) is 3.71. The molecule has 0 aromatic heterocycles. The van der Waals surface area contributed by atoms with Crippen LogP contribution >= 0.6 is 0 Å². The Hall–Kier alpha value is -0.590. The number of carbonyl (C=O) groups excluding carboxylic acids is 1. The maximum Gasteiger partial charge on any atom is 0.157 e. The Morgan fingerprint density at radius 2 is 1.92 bits per heavy atom. The number of hydrogen-bond acceptors (Lipinski definition) is 1. The third kappa shape index (κ3) is 6.56. The van der Waals surface area contributed by atoms with Crippen LogP contribution in [0, 0.1) is 5.92 Å². The molecular weight excluding hydrogens is 160 g/mol. The summed E-state index contributed by atoms with van der Waals surface area (Å²) in [6.45, 7) is 7.69. The lowest BCUT2D eigenvalue weighted by molar-refractivity contribution is -0.117. The molecule has 13 heavy (non-hydrogen) atoms. The fourth-order valence-electron chi connectivity index (χ4n) is 1.40. The zero-order chi connectivity index (χ0) is 10.1. The summed E-state index contributed by atoms with van der Waals surface area (Å²) in [5.74, 6) is 0.370. The Morgan fingerprint density at radius 1 is 1.31 bits per heavy atom. The van der Waals surface area contributed by atoms with E-state index >= 15 is 0 Å². The van der Waals surface area contributed by atoms with Crippen LogP contribution in [-0.4, -0.2) is 5.78 Å². The van der Waals surface area contributed by atoms with Crippen molar-refractivity contribution in [2.45, 2.75) is 52.4 Å². The summed E-state index contributed by atoms with van der Waals surface area (Å²) in [6, 6.07) is 0. The van der Waals surface area contributed by atoms with Crippen molar-refractivity contribution in [3.05, 3.63) is 12.7 Å². The van der Waals surface area contributed by atoms with Crippen molar-refractivity contribution >= 4 is 5.78 Å². The fourth-order valence-corrected chi connectivity index (χ4v) is 1.40. The van der Waals surface area contributed by atoms with E-state index in [9.17, 15) is 4.79 Å². The number of ketones is 1. The molecule has 0 amide bonds. The largest absolute Gasteiger partial charge is 0.295 e. The Labute approximate surface area is 82.2 Å². The van der Waals surface area contributed by atoms with Gasteiger partial charge in [0.25, 0.3) is 0 Å². The molecule has 1 nitrogen and oxygen atoms in total. The van der Waals surface area contributed by atoms with Crippen LogP contribution < -0.4 is 0 Å². The molecule has 0 radical (unpaired) electrons. The molecule has 0 aliphatic rings. The van der Waals surface area contributed by atoms with Gasteiger partial charge >= 0.3 is 0 Å². The molecule has 1 heteroatoms. The van der Waals surface area contributed by atoms with Crippen LogP contribution in [0.3, 0.4) is 0 Å². The fraction of sp³-hybridized carbons (Fsp3) is 0.750. The molecule has 0 spiro atoms. The van der Waals surface area contributed by atoms with Crippen molar-refractivity contribution in [2.75, 3.05) is 0 Å². The van der Waals surface area contributed by atoms with Crippen molar-refractivity contribution < 1.29 is 4.79 Å². The second-order valence-electron chi connectivity index (χ2n) is 3.71. The second kappa shape index (κ2) is 8.03. The quantitative estimate of drug-likeness (QED) is 0.413. The highest BCUT2D eigenvalue weighted by molar-refractivity contribution is 5.90. The lowest BCUT2D eigenvalue weighted by Gasteiger charge is -2.06. The predicted octanol–water partition coefficient (Wildman–Crippen LogP) is 3.74. The summed E-state index contributed by atoms with van der Waals surface area (Å²) in [5, 5.41) is 0. The summed E-state index contributed by atoms with van der Waals surface area (Å²) in [4.78, 5) is 11.1. The molecular formula is C12H22O. The van der Waals surface area contributed by atoms with Gasteiger partial charge in [-0.1, -0.05) is 52.5 Å². The maximum atomic E-state index is 11.1. The van der Waals surface area contributed by atoms with Gasteiger partial charge in [0, 0.05) is 5.92 Å². The lowest BCUT2D eigenvalue weighted by Crippen LogP contribution is -2.06. The van der Waals surface area contributed by atoms with Gasteiger partial charge in [-0.05, 0) is 12.5 Å². The van der Waals surface area contributed by atoms with Crippen LogP contribution in [0.2, 0.25) is 0 Å². The van der Waals surface area contributed by atoms with Crippen molar-refractivity contribution in [3.8, 4) is 0 Å². The molecule has 0 saturated carbocycles. The van der Waals surface area contributed by atoms with E-state index in [4.69, 9.17) is 0 Å². The topological polar surface area (TPSA) is 17.1 Å². The van der Waals surface area contributed by atoms with Crippen LogP contribution in [0.1, 0.15) is 52.4 Å². The normalized spacial score (nSPS) is 12.5.